The summed E-state index contributed by atoms with van der Waals surface area (Å²) in [6, 6.07) is 4.14. The van der Waals surface area contributed by atoms with E-state index in [1.807, 2.05) is 12.4 Å². The summed E-state index contributed by atoms with van der Waals surface area (Å²) >= 11 is 0. The molecule has 1 unspecified atom stereocenters. The van der Waals surface area contributed by atoms with E-state index in [1.165, 1.54) is 5.56 Å². The van der Waals surface area contributed by atoms with Crippen molar-refractivity contribution in [2.45, 2.75) is 11.8 Å². The summed E-state index contributed by atoms with van der Waals surface area (Å²) < 4.78 is 0. The van der Waals surface area contributed by atoms with Crippen LogP contribution in [-0.4, -0.2) is 24.6 Å². The zero-order valence-electron chi connectivity index (χ0n) is 8.89. The molecule has 0 spiro atoms. The molecule has 6 heteroatoms. The van der Waals surface area contributed by atoms with E-state index in [2.05, 4.69) is 22.4 Å². The predicted molar refractivity (Wildman–Crippen MR) is 74.2 cm³/mol. The topological polar surface area (TPSA) is 50.9 Å². The standard InChI is InChI=1S/C10H15N3.3ClH/c11-7-10(3-6-13-8-10)9-1-4-12-5-2-9;;;/h1-2,4-5,13H,3,6-8,11H2;3*1H. The van der Waals surface area contributed by atoms with E-state index in [0.717, 1.165) is 19.5 Å². The van der Waals surface area contributed by atoms with Gasteiger partial charge in [-0.05, 0) is 30.7 Å². The number of hydrogen-bond donors (Lipinski definition) is 2. The molecule has 0 radical (unpaired) electrons. The van der Waals surface area contributed by atoms with Gasteiger partial charge in [-0.1, -0.05) is 0 Å². The maximum Gasteiger partial charge on any atom is 0.0270 e. The Labute approximate surface area is 115 Å². The molecule has 3 N–H and O–H groups in total. The zero-order chi connectivity index (χ0) is 9.15. The van der Waals surface area contributed by atoms with Gasteiger partial charge in [0.25, 0.3) is 0 Å². The second-order valence-electron chi connectivity index (χ2n) is 3.65. The molecule has 1 atom stereocenters. The van der Waals surface area contributed by atoms with Crippen LogP contribution < -0.4 is 11.1 Å². The van der Waals surface area contributed by atoms with Crippen LogP contribution in [0, 0.1) is 0 Å². The van der Waals surface area contributed by atoms with Gasteiger partial charge < -0.3 is 11.1 Å². The smallest absolute Gasteiger partial charge is 0.0270 e. The first-order valence-electron chi connectivity index (χ1n) is 4.69. The van der Waals surface area contributed by atoms with Crippen molar-refractivity contribution < 1.29 is 0 Å². The summed E-state index contributed by atoms with van der Waals surface area (Å²) in [7, 11) is 0. The molecule has 1 fully saturated rings. The van der Waals surface area contributed by atoms with Gasteiger partial charge in [0.1, 0.15) is 0 Å². The number of rotatable bonds is 2. The maximum absolute atomic E-state index is 5.84. The van der Waals surface area contributed by atoms with Crippen LogP contribution in [-0.2, 0) is 5.41 Å². The van der Waals surface area contributed by atoms with Gasteiger partial charge in [0.15, 0.2) is 0 Å². The van der Waals surface area contributed by atoms with Crippen molar-refractivity contribution in [3.05, 3.63) is 30.1 Å². The van der Waals surface area contributed by atoms with E-state index in [4.69, 9.17) is 5.73 Å². The van der Waals surface area contributed by atoms with E-state index in [1.54, 1.807) is 0 Å². The number of nitrogens with two attached hydrogens (primary N) is 1. The molecule has 2 heterocycles. The second-order valence-corrected chi connectivity index (χ2v) is 3.65. The van der Waals surface area contributed by atoms with Gasteiger partial charge in [0, 0.05) is 30.9 Å². The highest BCUT2D eigenvalue weighted by molar-refractivity contribution is 5.86. The average Bonchev–Trinajstić information content (AvgIpc) is 2.69. The van der Waals surface area contributed by atoms with Crippen LogP contribution in [0.1, 0.15) is 12.0 Å². The fraction of sp³-hybridized carbons (Fsp3) is 0.500. The molecule has 1 aromatic heterocycles. The van der Waals surface area contributed by atoms with Crippen LogP contribution in [0.15, 0.2) is 24.5 Å². The van der Waals surface area contributed by atoms with E-state index in [-0.39, 0.29) is 42.6 Å². The highest BCUT2D eigenvalue weighted by atomic mass is 35.5. The third-order valence-corrected chi connectivity index (χ3v) is 2.93. The van der Waals surface area contributed by atoms with Gasteiger partial charge in [-0.2, -0.15) is 0 Å². The van der Waals surface area contributed by atoms with Crippen molar-refractivity contribution in [2.75, 3.05) is 19.6 Å². The molecule has 0 aromatic carbocycles. The number of hydrogen-bond acceptors (Lipinski definition) is 3. The summed E-state index contributed by atoms with van der Waals surface area (Å²) in [5.41, 5.74) is 7.31. The van der Waals surface area contributed by atoms with Gasteiger partial charge in [-0.3, -0.25) is 4.98 Å². The third-order valence-electron chi connectivity index (χ3n) is 2.93. The summed E-state index contributed by atoms with van der Waals surface area (Å²) in [6.07, 6.45) is 4.81. The number of halogens is 3. The van der Waals surface area contributed by atoms with Crippen molar-refractivity contribution in [3.63, 3.8) is 0 Å². The Bertz CT molecular complexity index is 276. The van der Waals surface area contributed by atoms with Gasteiger partial charge in [0.2, 0.25) is 0 Å². The molecule has 0 aliphatic carbocycles. The molecule has 0 amide bonds. The summed E-state index contributed by atoms with van der Waals surface area (Å²) in [4.78, 5) is 4.02. The fourth-order valence-electron chi connectivity index (χ4n) is 1.99. The number of pyridine rings is 1. The second kappa shape index (κ2) is 8.09. The first-order chi connectivity index (χ1) is 6.37. The summed E-state index contributed by atoms with van der Waals surface area (Å²) in [5.74, 6) is 0. The Balaban J connectivity index is 0. The highest BCUT2D eigenvalue weighted by Gasteiger charge is 2.33. The Morgan fingerprint density at radius 1 is 1.25 bits per heavy atom. The summed E-state index contributed by atoms with van der Waals surface area (Å²) in [5, 5.41) is 3.36. The van der Waals surface area contributed by atoms with Crippen molar-refractivity contribution >= 4 is 37.2 Å². The molecule has 3 nitrogen and oxygen atoms in total. The first-order valence-corrected chi connectivity index (χ1v) is 4.69. The quantitative estimate of drug-likeness (QED) is 0.867. The fourth-order valence-corrected chi connectivity index (χ4v) is 1.99. The van der Waals surface area contributed by atoms with Crippen LogP contribution in [0.4, 0.5) is 0 Å². The molecule has 94 valence electrons. The maximum atomic E-state index is 5.84. The first kappa shape index (κ1) is 18.3. The molecular formula is C10H18Cl3N3. The van der Waals surface area contributed by atoms with Crippen molar-refractivity contribution in [1.29, 1.82) is 0 Å². The predicted octanol–water partition coefficient (Wildman–Crippen LogP) is 1.54. The van der Waals surface area contributed by atoms with Crippen LogP contribution in [0.25, 0.3) is 0 Å². The molecule has 0 bridgehead atoms. The lowest BCUT2D eigenvalue weighted by Crippen LogP contribution is -2.37. The van der Waals surface area contributed by atoms with Crippen molar-refractivity contribution in [2.24, 2.45) is 5.73 Å². The van der Waals surface area contributed by atoms with E-state index >= 15 is 0 Å². The van der Waals surface area contributed by atoms with E-state index in [0.29, 0.717) is 6.54 Å². The largest absolute Gasteiger partial charge is 0.330 e. The minimum atomic E-state index is 0. The van der Waals surface area contributed by atoms with Gasteiger partial charge in [0.05, 0.1) is 0 Å². The van der Waals surface area contributed by atoms with Crippen LogP contribution in [0.2, 0.25) is 0 Å². The average molecular weight is 287 g/mol. The lowest BCUT2D eigenvalue weighted by molar-refractivity contribution is 0.483. The van der Waals surface area contributed by atoms with Crippen molar-refractivity contribution in [3.8, 4) is 0 Å². The Kier molecular flexibility index (Phi) is 9.26. The monoisotopic (exact) mass is 285 g/mol. The van der Waals surface area contributed by atoms with Crippen LogP contribution >= 0.6 is 37.2 Å². The van der Waals surface area contributed by atoms with Crippen LogP contribution in [0.5, 0.6) is 0 Å². The SMILES string of the molecule is Cl.Cl.Cl.NCC1(c2ccncc2)CCNC1. The molecule has 1 aliphatic rings. The van der Waals surface area contributed by atoms with Gasteiger partial charge >= 0.3 is 0 Å². The third kappa shape index (κ3) is 3.47. The normalized spacial score (nSPS) is 22.6. The lowest BCUT2D eigenvalue weighted by Gasteiger charge is -2.26. The van der Waals surface area contributed by atoms with Gasteiger partial charge in [-0.15, -0.1) is 37.2 Å². The molecule has 1 saturated heterocycles. The Morgan fingerprint density at radius 3 is 2.31 bits per heavy atom. The molecule has 1 aromatic rings. The lowest BCUT2D eigenvalue weighted by atomic mass is 9.80. The molecule has 2 rings (SSSR count). The van der Waals surface area contributed by atoms with E-state index < -0.39 is 0 Å². The number of aromatic nitrogens is 1. The Morgan fingerprint density at radius 2 is 1.88 bits per heavy atom. The highest BCUT2D eigenvalue weighted by Crippen LogP contribution is 2.28. The molecule has 1 aliphatic heterocycles. The van der Waals surface area contributed by atoms with Crippen molar-refractivity contribution in [1.82, 2.24) is 10.3 Å². The van der Waals surface area contributed by atoms with Crippen LogP contribution in [0.3, 0.4) is 0 Å². The summed E-state index contributed by atoms with van der Waals surface area (Å²) in [6.45, 7) is 2.77. The number of nitrogens with one attached hydrogen (secondary N) is 1. The molecule has 0 saturated carbocycles. The Hall–Kier alpha value is -0.0600. The minimum Gasteiger partial charge on any atom is -0.330 e. The molecular weight excluding hydrogens is 268 g/mol. The minimum absolute atomic E-state index is 0. The van der Waals surface area contributed by atoms with E-state index in [9.17, 15) is 0 Å². The van der Waals surface area contributed by atoms with Gasteiger partial charge in [-0.25, -0.2) is 0 Å². The number of nitrogens with zero attached hydrogens (tertiary/aromatic N) is 1. The zero-order valence-corrected chi connectivity index (χ0v) is 11.3. The molecule has 16 heavy (non-hydrogen) atoms.